The monoisotopic (exact) mass is 353 g/mol. The van der Waals surface area contributed by atoms with Gasteiger partial charge < -0.3 is 9.47 Å². The predicted octanol–water partition coefficient (Wildman–Crippen LogP) is 2.93. The molecular weight excluding hydrogens is 338 g/mol. The summed E-state index contributed by atoms with van der Waals surface area (Å²) in [5, 5.41) is 0.210. The molecule has 1 aliphatic rings. The van der Waals surface area contributed by atoms with Gasteiger partial charge in [0, 0.05) is 13.6 Å². The minimum Gasteiger partial charge on any atom is -0.486 e. The molecule has 1 heterocycles. The Labute approximate surface area is 140 Å². The van der Waals surface area contributed by atoms with Crippen molar-refractivity contribution in [3.8, 4) is 11.5 Å². The maximum absolute atomic E-state index is 12.6. The Bertz CT molecular complexity index is 823. The number of fused-ring (bicyclic) bond motifs is 1. The molecule has 3 rings (SSSR count). The molecule has 0 spiro atoms. The van der Waals surface area contributed by atoms with Gasteiger partial charge in [-0.1, -0.05) is 29.8 Å². The Morgan fingerprint density at radius 2 is 1.78 bits per heavy atom. The highest BCUT2D eigenvalue weighted by molar-refractivity contribution is 7.89. The SMILES string of the molecule is CN(Cc1ccc2c(c1)OCCO2)S(=O)(=O)c1ccccc1Cl. The molecule has 0 radical (unpaired) electrons. The Morgan fingerprint density at radius 3 is 2.52 bits per heavy atom. The molecule has 2 aromatic carbocycles. The van der Waals surface area contributed by atoms with Crippen LogP contribution in [0.4, 0.5) is 0 Å². The molecule has 23 heavy (non-hydrogen) atoms. The summed E-state index contributed by atoms with van der Waals surface area (Å²) in [6.07, 6.45) is 0. The molecule has 5 nitrogen and oxygen atoms in total. The number of sulfonamides is 1. The molecule has 0 atom stereocenters. The molecule has 0 amide bonds. The van der Waals surface area contributed by atoms with Crippen molar-refractivity contribution in [3.05, 3.63) is 53.1 Å². The molecular formula is C16H16ClNO4S. The first-order valence-electron chi connectivity index (χ1n) is 7.08. The zero-order valence-corrected chi connectivity index (χ0v) is 14.1. The summed E-state index contributed by atoms with van der Waals surface area (Å²) >= 11 is 6.01. The molecule has 0 bridgehead atoms. The van der Waals surface area contributed by atoms with Crippen LogP contribution >= 0.6 is 11.6 Å². The third-order valence-corrected chi connectivity index (χ3v) is 5.84. The Morgan fingerprint density at radius 1 is 1.09 bits per heavy atom. The summed E-state index contributed by atoms with van der Waals surface area (Å²) in [5.41, 5.74) is 0.812. The van der Waals surface area contributed by atoms with Crippen molar-refractivity contribution in [1.82, 2.24) is 4.31 Å². The van der Waals surface area contributed by atoms with Crippen molar-refractivity contribution >= 4 is 21.6 Å². The summed E-state index contributed by atoms with van der Waals surface area (Å²) in [4.78, 5) is 0.0988. The van der Waals surface area contributed by atoms with Crippen molar-refractivity contribution in [2.24, 2.45) is 0 Å². The average molecular weight is 354 g/mol. The van der Waals surface area contributed by atoms with Crippen molar-refractivity contribution < 1.29 is 17.9 Å². The lowest BCUT2D eigenvalue weighted by atomic mass is 10.2. The van der Waals surface area contributed by atoms with Crippen LogP contribution in [-0.4, -0.2) is 33.0 Å². The Balaban J connectivity index is 1.84. The average Bonchev–Trinajstić information content (AvgIpc) is 2.55. The van der Waals surface area contributed by atoms with E-state index in [1.54, 1.807) is 30.3 Å². The smallest absolute Gasteiger partial charge is 0.244 e. The zero-order valence-electron chi connectivity index (χ0n) is 12.5. The van der Waals surface area contributed by atoms with E-state index in [-0.39, 0.29) is 16.5 Å². The number of nitrogens with zero attached hydrogens (tertiary/aromatic N) is 1. The normalized spacial score (nSPS) is 14.0. The Kier molecular flexibility index (Phi) is 4.48. The largest absolute Gasteiger partial charge is 0.486 e. The topological polar surface area (TPSA) is 55.8 Å². The van der Waals surface area contributed by atoms with Crippen molar-refractivity contribution in [3.63, 3.8) is 0 Å². The van der Waals surface area contributed by atoms with E-state index < -0.39 is 10.0 Å². The van der Waals surface area contributed by atoms with E-state index in [4.69, 9.17) is 21.1 Å². The van der Waals surface area contributed by atoms with E-state index in [1.165, 1.54) is 17.4 Å². The molecule has 0 aromatic heterocycles. The molecule has 0 aliphatic carbocycles. The van der Waals surface area contributed by atoms with Crippen molar-refractivity contribution in [2.45, 2.75) is 11.4 Å². The summed E-state index contributed by atoms with van der Waals surface area (Å²) in [5.74, 6) is 1.31. The summed E-state index contributed by atoms with van der Waals surface area (Å²) in [7, 11) is -2.14. The number of hydrogen-bond donors (Lipinski definition) is 0. The first-order valence-corrected chi connectivity index (χ1v) is 8.90. The van der Waals surface area contributed by atoms with Gasteiger partial charge in [0.1, 0.15) is 18.1 Å². The van der Waals surface area contributed by atoms with Crippen LogP contribution < -0.4 is 9.47 Å². The lowest BCUT2D eigenvalue weighted by molar-refractivity contribution is 0.171. The summed E-state index contributed by atoms with van der Waals surface area (Å²) in [6.45, 7) is 1.22. The van der Waals surface area contributed by atoms with E-state index in [9.17, 15) is 8.42 Å². The lowest BCUT2D eigenvalue weighted by Gasteiger charge is -2.21. The minimum atomic E-state index is -3.66. The molecule has 0 unspecified atom stereocenters. The highest BCUT2D eigenvalue weighted by atomic mass is 35.5. The maximum atomic E-state index is 12.6. The second kappa shape index (κ2) is 6.39. The van der Waals surface area contributed by atoms with Gasteiger partial charge in [-0.2, -0.15) is 4.31 Å². The van der Waals surface area contributed by atoms with E-state index in [0.29, 0.717) is 24.7 Å². The van der Waals surface area contributed by atoms with Crippen molar-refractivity contribution in [1.29, 1.82) is 0 Å². The van der Waals surface area contributed by atoms with Gasteiger partial charge in [-0.15, -0.1) is 0 Å². The zero-order chi connectivity index (χ0) is 16.4. The third kappa shape index (κ3) is 3.29. The number of benzene rings is 2. The molecule has 122 valence electrons. The lowest BCUT2D eigenvalue weighted by Crippen LogP contribution is -2.27. The van der Waals surface area contributed by atoms with Gasteiger partial charge >= 0.3 is 0 Å². The van der Waals surface area contributed by atoms with E-state index in [1.807, 2.05) is 6.07 Å². The fraction of sp³-hybridized carbons (Fsp3) is 0.250. The van der Waals surface area contributed by atoms with Gasteiger partial charge in [-0.3, -0.25) is 0 Å². The van der Waals surface area contributed by atoms with Crippen LogP contribution in [0.15, 0.2) is 47.4 Å². The van der Waals surface area contributed by atoms with Gasteiger partial charge in [-0.25, -0.2) is 8.42 Å². The summed E-state index contributed by atoms with van der Waals surface area (Å²) in [6, 6.07) is 11.8. The van der Waals surface area contributed by atoms with Gasteiger partial charge in [0.2, 0.25) is 10.0 Å². The second-order valence-electron chi connectivity index (χ2n) is 5.17. The van der Waals surface area contributed by atoms with Crippen molar-refractivity contribution in [2.75, 3.05) is 20.3 Å². The fourth-order valence-corrected chi connectivity index (χ4v) is 4.00. The van der Waals surface area contributed by atoms with Crippen LogP contribution in [0.5, 0.6) is 11.5 Å². The predicted molar refractivity (Wildman–Crippen MR) is 87.5 cm³/mol. The molecule has 7 heteroatoms. The quantitative estimate of drug-likeness (QED) is 0.848. The number of rotatable bonds is 4. The first kappa shape index (κ1) is 16.1. The van der Waals surface area contributed by atoms with Crippen LogP contribution in [0.3, 0.4) is 0 Å². The highest BCUT2D eigenvalue weighted by Crippen LogP contribution is 2.32. The standard InChI is InChI=1S/C16H16ClNO4S/c1-18(23(19,20)16-5-3-2-4-13(16)17)11-12-6-7-14-15(10-12)22-9-8-21-14/h2-7,10H,8-9,11H2,1H3. The van der Waals surface area contributed by atoms with Gasteiger partial charge in [-0.05, 0) is 29.8 Å². The molecule has 1 aliphatic heterocycles. The molecule has 0 saturated carbocycles. The second-order valence-corrected chi connectivity index (χ2v) is 7.59. The maximum Gasteiger partial charge on any atom is 0.244 e. The molecule has 0 fully saturated rings. The van der Waals surface area contributed by atoms with Gasteiger partial charge in [0.25, 0.3) is 0 Å². The van der Waals surface area contributed by atoms with Gasteiger partial charge in [0.05, 0.1) is 5.02 Å². The van der Waals surface area contributed by atoms with Crippen LogP contribution in [0.25, 0.3) is 0 Å². The van der Waals surface area contributed by atoms with E-state index >= 15 is 0 Å². The first-order chi connectivity index (χ1) is 11.0. The van der Waals surface area contributed by atoms with E-state index in [0.717, 1.165) is 5.56 Å². The van der Waals surface area contributed by atoms with Crippen LogP contribution in [0.1, 0.15) is 5.56 Å². The number of hydrogen-bond acceptors (Lipinski definition) is 4. The minimum absolute atomic E-state index is 0.0988. The summed E-state index contributed by atoms with van der Waals surface area (Å²) < 4.78 is 37.5. The van der Waals surface area contributed by atoms with Gasteiger partial charge in [0.15, 0.2) is 11.5 Å². The molecule has 2 aromatic rings. The molecule has 0 N–H and O–H groups in total. The van der Waals surface area contributed by atoms with E-state index in [2.05, 4.69) is 0 Å². The van der Waals surface area contributed by atoms with Crippen LogP contribution in [-0.2, 0) is 16.6 Å². The fourth-order valence-electron chi connectivity index (χ4n) is 2.35. The number of ether oxygens (including phenoxy) is 2. The Hall–Kier alpha value is -1.76. The highest BCUT2D eigenvalue weighted by Gasteiger charge is 2.24. The van der Waals surface area contributed by atoms with Crippen LogP contribution in [0, 0.1) is 0 Å². The van der Waals surface area contributed by atoms with Crippen LogP contribution in [0.2, 0.25) is 5.02 Å². The number of halogens is 1. The third-order valence-electron chi connectivity index (χ3n) is 3.54. The molecule has 0 saturated heterocycles.